The van der Waals surface area contributed by atoms with Crippen molar-refractivity contribution in [2.24, 2.45) is 0 Å². The van der Waals surface area contributed by atoms with E-state index in [0.29, 0.717) is 22.2 Å². The molecular formula is C27H34Cl2N2O2S. The van der Waals surface area contributed by atoms with Gasteiger partial charge in [-0.1, -0.05) is 78.4 Å². The summed E-state index contributed by atoms with van der Waals surface area (Å²) in [6, 6.07) is 11.4. The molecule has 0 aromatic heterocycles. The molecule has 0 heterocycles. The normalized spacial score (nSPS) is 14.7. The van der Waals surface area contributed by atoms with E-state index in [9.17, 15) is 9.59 Å². The SMILES string of the molecule is CC[C@H](C(=O)NC1CCCC1)N(Cc1ccc(Cl)cc1Cl)C(=O)CSCc1cc(C)cc(C)c1. The highest BCUT2D eigenvalue weighted by Crippen LogP contribution is 2.25. The van der Waals surface area contributed by atoms with Gasteiger partial charge in [0.1, 0.15) is 6.04 Å². The molecule has 0 saturated heterocycles. The smallest absolute Gasteiger partial charge is 0.243 e. The third-order valence-electron chi connectivity index (χ3n) is 6.22. The summed E-state index contributed by atoms with van der Waals surface area (Å²) in [7, 11) is 0. The lowest BCUT2D eigenvalue weighted by Gasteiger charge is -2.31. The Morgan fingerprint density at radius 3 is 2.38 bits per heavy atom. The van der Waals surface area contributed by atoms with Crippen molar-refractivity contribution in [2.75, 3.05) is 5.75 Å². The number of hydrogen-bond donors (Lipinski definition) is 1. The maximum atomic E-state index is 13.4. The zero-order valence-electron chi connectivity index (χ0n) is 20.2. The molecule has 184 valence electrons. The van der Waals surface area contributed by atoms with E-state index in [2.05, 4.69) is 37.4 Å². The van der Waals surface area contributed by atoms with Crippen LogP contribution in [-0.2, 0) is 21.9 Å². The van der Waals surface area contributed by atoms with Crippen molar-refractivity contribution in [1.29, 1.82) is 0 Å². The van der Waals surface area contributed by atoms with Crippen LogP contribution in [0.25, 0.3) is 0 Å². The lowest BCUT2D eigenvalue weighted by molar-refractivity contribution is -0.139. The molecule has 2 amide bonds. The minimum atomic E-state index is -0.540. The summed E-state index contributed by atoms with van der Waals surface area (Å²) >= 11 is 14.1. The number of aryl methyl sites for hydroxylation is 2. The molecule has 0 bridgehead atoms. The average Bonchev–Trinajstić information content (AvgIpc) is 3.27. The van der Waals surface area contributed by atoms with Gasteiger partial charge in [-0.3, -0.25) is 9.59 Å². The number of nitrogens with zero attached hydrogens (tertiary/aromatic N) is 1. The van der Waals surface area contributed by atoms with Crippen LogP contribution in [0.15, 0.2) is 36.4 Å². The molecular weight excluding hydrogens is 487 g/mol. The summed E-state index contributed by atoms with van der Waals surface area (Å²) in [5, 5.41) is 4.22. The first-order valence-corrected chi connectivity index (χ1v) is 13.9. The first-order valence-electron chi connectivity index (χ1n) is 12.0. The third kappa shape index (κ3) is 7.66. The Bertz CT molecular complexity index is 988. The van der Waals surface area contributed by atoms with E-state index in [1.165, 1.54) is 16.7 Å². The molecule has 0 aliphatic heterocycles. The van der Waals surface area contributed by atoms with E-state index in [-0.39, 0.29) is 24.4 Å². The number of rotatable bonds is 10. The van der Waals surface area contributed by atoms with Crippen LogP contribution in [0.5, 0.6) is 0 Å². The van der Waals surface area contributed by atoms with Crippen molar-refractivity contribution in [2.45, 2.75) is 77.3 Å². The summed E-state index contributed by atoms with van der Waals surface area (Å²) in [6.45, 7) is 6.39. The van der Waals surface area contributed by atoms with Crippen LogP contribution in [0.1, 0.15) is 61.3 Å². The third-order valence-corrected chi connectivity index (χ3v) is 7.79. The van der Waals surface area contributed by atoms with Gasteiger partial charge < -0.3 is 10.2 Å². The van der Waals surface area contributed by atoms with Gasteiger partial charge in [-0.15, -0.1) is 11.8 Å². The molecule has 1 N–H and O–H groups in total. The van der Waals surface area contributed by atoms with Gasteiger partial charge in [0.15, 0.2) is 0 Å². The minimum absolute atomic E-state index is 0.0613. The van der Waals surface area contributed by atoms with Crippen molar-refractivity contribution >= 4 is 46.8 Å². The second kappa shape index (κ2) is 12.9. The molecule has 7 heteroatoms. The highest BCUT2D eigenvalue weighted by molar-refractivity contribution is 7.99. The standard InChI is InChI=1S/C27H34Cl2N2O2S/c1-4-25(27(33)30-23-7-5-6-8-23)31(15-21-9-10-22(28)14-24(21)29)26(32)17-34-16-20-12-18(2)11-19(3)13-20/h9-14,23,25H,4-8,15-17H2,1-3H3,(H,30,33)/t25-/m1/s1. The lowest BCUT2D eigenvalue weighted by Crippen LogP contribution is -2.51. The molecule has 0 spiro atoms. The first kappa shape index (κ1) is 26.9. The number of nitrogens with one attached hydrogen (secondary N) is 1. The molecule has 2 aromatic rings. The Hall–Kier alpha value is -1.69. The van der Waals surface area contributed by atoms with Gasteiger partial charge in [0.05, 0.1) is 5.75 Å². The molecule has 1 fully saturated rings. The van der Waals surface area contributed by atoms with Gasteiger partial charge in [0.25, 0.3) is 0 Å². The van der Waals surface area contributed by atoms with Crippen LogP contribution in [0, 0.1) is 13.8 Å². The Kier molecular flexibility index (Phi) is 10.2. The van der Waals surface area contributed by atoms with Crippen molar-refractivity contribution in [1.82, 2.24) is 10.2 Å². The summed E-state index contributed by atoms with van der Waals surface area (Å²) in [4.78, 5) is 28.3. The molecule has 0 radical (unpaired) electrons. The van der Waals surface area contributed by atoms with E-state index in [1.54, 1.807) is 28.8 Å². The van der Waals surface area contributed by atoms with Gasteiger partial charge in [0, 0.05) is 28.4 Å². The van der Waals surface area contributed by atoms with Crippen LogP contribution in [-0.4, -0.2) is 34.6 Å². The monoisotopic (exact) mass is 520 g/mol. The number of benzene rings is 2. The van der Waals surface area contributed by atoms with Crippen LogP contribution in [0.4, 0.5) is 0 Å². The molecule has 2 aromatic carbocycles. The van der Waals surface area contributed by atoms with Gasteiger partial charge in [-0.25, -0.2) is 0 Å². The van der Waals surface area contributed by atoms with Crippen LogP contribution in [0.2, 0.25) is 10.0 Å². The van der Waals surface area contributed by atoms with Crippen molar-refractivity contribution in [3.05, 3.63) is 68.7 Å². The maximum Gasteiger partial charge on any atom is 0.243 e. The summed E-state index contributed by atoms with van der Waals surface area (Å²) in [5.74, 6) is 0.904. The highest BCUT2D eigenvalue weighted by Gasteiger charge is 2.30. The quantitative estimate of drug-likeness (QED) is 0.378. The topological polar surface area (TPSA) is 49.4 Å². The van der Waals surface area contributed by atoms with Gasteiger partial charge in [0.2, 0.25) is 11.8 Å². The molecule has 1 aliphatic rings. The molecule has 1 saturated carbocycles. The Morgan fingerprint density at radius 2 is 1.76 bits per heavy atom. The predicted molar refractivity (Wildman–Crippen MR) is 144 cm³/mol. The van der Waals surface area contributed by atoms with Crippen LogP contribution in [0.3, 0.4) is 0 Å². The zero-order valence-corrected chi connectivity index (χ0v) is 22.5. The van der Waals surface area contributed by atoms with Crippen molar-refractivity contribution in [3.8, 4) is 0 Å². The van der Waals surface area contributed by atoms with E-state index < -0.39 is 6.04 Å². The average molecular weight is 522 g/mol. The highest BCUT2D eigenvalue weighted by atomic mass is 35.5. The van der Waals surface area contributed by atoms with E-state index in [4.69, 9.17) is 23.2 Å². The second-order valence-corrected chi connectivity index (χ2v) is 11.0. The fourth-order valence-electron chi connectivity index (χ4n) is 4.61. The Labute approximate surface area is 217 Å². The molecule has 4 nitrogen and oxygen atoms in total. The number of thioether (sulfide) groups is 1. The van der Waals surface area contributed by atoms with E-state index in [1.807, 2.05) is 13.0 Å². The lowest BCUT2D eigenvalue weighted by atomic mass is 10.1. The first-order chi connectivity index (χ1) is 16.3. The van der Waals surface area contributed by atoms with Crippen molar-refractivity contribution < 1.29 is 9.59 Å². The number of amides is 2. The number of carbonyl (C=O) groups is 2. The largest absolute Gasteiger partial charge is 0.352 e. The zero-order chi connectivity index (χ0) is 24.7. The second-order valence-electron chi connectivity index (χ2n) is 9.16. The Balaban J connectivity index is 1.74. The molecule has 0 unspecified atom stereocenters. The fraction of sp³-hybridized carbons (Fsp3) is 0.481. The predicted octanol–water partition coefficient (Wildman–Crippen LogP) is 6.71. The van der Waals surface area contributed by atoms with Gasteiger partial charge >= 0.3 is 0 Å². The van der Waals surface area contributed by atoms with Crippen molar-refractivity contribution in [3.63, 3.8) is 0 Å². The van der Waals surface area contributed by atoms with Crippen LogP contribution >= 0.6 is 35.0 Å². The Morgan fingerprint density at radius 1 is 1.09 bits per heavy atom. The minimum Gasteiger partial charge on any atom is -0.352 e. The summed E-state index contributed by atoms with van der Waals surface area (Å²) in [6.07, 6.45) is 4.83. The summed E-state index contributed by atoms with van der Waals surface area (Å²) in [5.41, 5.74) is 4.42. The molecule has 1 atom stereocenters. The van der Waals surface area contributed by atoms with E-state index >= 15 is 0 Å². The number of hydrogen-bond acceptors (Lipinski definition) is 3. The van der Waals surface area contributed by atoms with Gasteiger partial charge in [-0.05, 0) is 56.4 Å². The van der Waals surface area contributed by atoms with Gasteiger partial charge in [-0.2, -0.15) is 0 Å². The molecule has 1 aliphatic carbocycles. The van der Waals surface area contributed by atoms with E-state index in [0.717, 1.165) is 37.0 Å². The fourth-order valence-corrected chi connectivity index (χ4v) is 5.93. The number of halogens is 2. The molecule has 34 heavy (non-hydrogen) atoms. The molecule has 3 rings (SSSR count). The summed E-state index contributed by atoms with van der Waals surface area (Å²) < 4.78 is 0. The maximum absolute atomic E-state index is 13.4. The number of carbonyl (C=O) groups excluding carboxylic acids is 2. The van der Waals surface area contributed by atoms with Crippen LogP contribution < -0.4 is 5.32 Å².